The average molecular weight is 186 g/mol. The van der Waals surface area contributed by atoms with Crippen LogP contribution in [-0.4, -0.2) is 31.2 Å². The molecule has 76 valence electrons. The number of hydrogen-bond acceptors (Lipinski definition) is 3. The summed E-state index contributed by atoms with van der Waals surface area (Å²) in [5, 5.41) is 9.60. The number of fused-ring (bicyclic) bond motifs is 2. The van der Waals surface area contributed by atoms with Gasteiger partial charge in [-0.2, -0.15) is 0 Å². The molecule has 0 heterocycles. The van der Waals surface area contributed by atoms with Gasteiger partial charge < -0.3 is 14.6 Å². The van der Waals surface area contributed by atoms with Gasteiger partial charge in [0.15, 0.2) is 5.79 Å². The van der Waals surface area contributed by atoms with E-state index in [0.29, 0.717) is 11.8 Å². The van der Waals surface area contributed by atoms with Gasteiger partial charge in [-0.1, -0.05) is 0 Å². The molecular weight excluding hydrogens is 168 g/mol. The molecule has 2 saturated carbocycles. The van der Waals surface area contributed by atoms with Gasteiger partial charge in [0.1, 0.15) is 0 Å². The minimum absolute atomic E-state index is 0.143. The van der Waals surface area contributed by atoms with Crippen molar-refractivity contribution in [3.05, 3.63) is 0 Å². The van der Waals surface area contributed by atoms with Crippen molar-refractivity contribution in [1.82, 2.24) is 0 Å². The second kappa shape index (κ2) is 3.23. The third kappa shape index (κ3) is 1.22. The van der Waals surface area contributed by atoms with Crippen LogP contribution in [0.4, 0.5) is 0 Å². The van der Waals surface area contributed by atoms with E-state index in [1.54, 1.807) is 14.2 Å². The molecule has 0 aromatic heterocycles. The van der Waals surface area contributed by atoms with E-state index in [-0.39, 0.29) is 11.9 Å². The molecule has 0 amide bonds. The highest BCUT2D eigenvalue weighted by molar-refractivity contribution is 4.99. The summed E-state index contributed by atoms with van der Waals surface area (Å²) in [6.07, 6.45) is 3.78. The van der Waals surface area contributed by atoms with Crippen LogP contribution >= 0.6 is 0 Å². The first kappa shape index (κ1) is 9.44. The SMILES string of the molecule is COC1(OC)[C@@H]2CC[C@H]1CC(O)C2. The molecular formula is C10H18O3. The van der Waals surface area contributed by atoms with Crippen molar-refractivity contribution < 1.29 is 14.6 Å². The van der Waals surface area contributed by atoms with Crippen molar-refractivity contribution in [2.24, 2.45) is 11.8 Å². The van der Waals surface area contributed by atoms with Gasteiger partial charge in [-0.05, 0) is 25.7 Å². The molecule has 2 aliphatic rings. The molecule has 1 N–H and O–H groups in total. The van der Waals surface area contributed by atoms with E-state index in [1.807, 2.05) is 0 Å². The Bertz CT molecular complexity index is 173. The van der Waals surface area contributed by atoms with Gasteiger partial charge in [-0.25, -0.2) is 0 Å². The maximum Gasteiger partial charge on any atom is 0.173 e. The zero-order chi connectivity index (χ0) is 9.47. The Balaban J connectivity index is 2.21. The van der Waals surface area contributed by atoms with Crippen LogP contribution in [0.3, 0.4) is 0 Å². The third-order valence-electron chi connectivity index (χ3n) is 3.75. The molecule has 0 radical (unpaired) electrons. The second-order valence-corrected chi connectivity index (χ2v) is 4.23. The smallest absolute Gasteiger partial charge is 0.173 e. The molecule has 13 heavy (non-hydrogen) atoms. The molecule has 3 nitrogen and oxygen atoms in total. The van der Waals surface area contributed by atoms with Crippen LogP contribution in [-0.2, 0) is 9.47 Å². The lowest BCUT2D eigenvalue weighted by Crippen LogP contribution is -2.49. The predicted molar refractivity (Wildman–Crippen MR) is 48.2 cm³/mol. The number of aliphatic hydroxyl groups excluding tert-OH is 1. The highest BCUT2D eigenvalue weighted by Gasteiger charge is 2.55. The van der Waals surface area contributed by atoms with Crippen molar-refractivity contribution in [2.75, 3.05) is 14.2 Å². The molecule has 3 atom stereocenters. The van der Waals surface area contributed by atoms with Crippen molar-refractivity contribution in [3.63, 3.8) is 0 Å². The van der Waals surface area contributed by atoms with Gasteiger partial charge in [0.05, 0.1) is 6.10 Å². The van der Waals surface area contributed by atoms with E-state index in [0.717, 1.165) is 25.7 Å². The maximum atomic E-state index is 9.60. The first-order valence-electron chi connectivity index (χ1n) is 5.01. The van der Waals surface area contributed by atoms with E-state index >= 15 is 0 Å². The normalized spacial score (nSPS) is 42.2. The fourth-order valence-corrected chi connectivity index (χ4v) is 3.21. The first-order valence-corrected chi connectivity index (χ1v) is 5.01. The zero-order valence-electron chi connectivity index (χ0n) is 8.32. The summed E-state index contributed by atoms with van der Waals surface area (Å²) >= 11 is 0. The summed E-state index contributed by atoms with van der Waals surface area (Å²) in [6.45, 7) is 0. The van der Waals surface area contributed by atoms with Crippen molar-refractivity contribution in [3.8, 4) is 0 Å². The number of hydrogen-bond donors (Lipinski definition) is 1. The van der Waals surface area contributed by atoms with Crippen molar-refractivity contribution in [1.29, 1.82) is 0 Å². The Kier molecular flexibility index (Phi) is 2.34. The number of aliphatic hydroxyl groups is 1. The van der Waals surface area contributed by atoms with Crippen LogP contribution in [0.2, 0.25) is 0 Å². The molecule has 0 saturated heterocycles. The van der Waals surface area contributed by atoms with Crippen LogP contribution in [0.25, 0.3) is 0 Å². The fourth-order valence-electron chi connectivity index (χ4n) is 3.21. The Morgan fingerprint density at radius 3 is 1.92 bits per heavy atom. The molecule has 0 aromatic carbocycles. The average Bonchev–Trinajstić information content (AvgIpc) is 2.31. The minimum atomic E-state index is -0.390. The lowest BCUT2D eigenvalue weighted by atomic mass is 9.81. The molecule has 2 rings (SSSR count). The summed E-state index contributed by atoms with van der Waals surface area (Å²) < 4.78 is 11.1. The summed E-state index contributed by atoms with van der Waals surface area (Å²) in [6, 6.07) is 0. The number of rotatable bonds is 2. The van der Waals surface area contributed by atoms with Crippen molar-refractivity contribution >= 4 is 0 Å². The Hall–Kier alpha value is -0.120. The van der Waals surface area contributed by atoms with Gasteiger partial charge in [-0.15, -0.1) is 0 Å². The van der Waals surface area contributed by atoms with E-state index in [4.69, 9.17) is 9.47 Å². The van der Waals surface area contributed by atoms with E-state index in [2.05, 4.69) is 0 Å². The Labute approximate surface area is 79.0 Å². The van der Waals surface area contributed by atoms with Gasteiger partial charge in [0.2, 0.25) is 0 Å². The minimum Gasteiger partial charge on any atom is -0.393 e. The number of ether oxygens (including phenoxy) is 2. The maximum absolute atomic E-state index is 9.60. The lowest BCUT2D eigenvalue weighted by Gasteiger charge is -2.42. The fraction of sp³-hybridized carbons (Fsp3) is 1.00. The quantitative estimate of drug-likeness (QED) is 0.658. The van der Waals surface area contributed by atoms with Gasteiger partial charge >= 0.3 is 0 Å². The standard InChI is InChI=1S/C10H18O3/c1-12-10(13-2)7-3-4-8(10)6-9(11)5-7/h7-9,11H,3-6H2,1-2H3/t7-,8+,9?. The number of methoxy groups -OCH3 is 2. The molecule has 0 spiro atoms. The molecule has 3 heteroatoms. The van der Waals surface area contributed by atoms with Crippen LogP contribution in [0.15, 0.2) is 0 Å². The molecule has 2 bridgehead atoms. The van der Waals surface area contributed by atoms with Crippen LogP contribution in [0.5, 0.6) is 0 Å². The monoisotopic (exact) mass is 186 g/mol. The Morgan fingerprint density at radius 1 is 1.08 bits per heavy atom. The van der Waals surface area contributed by atoms with E-state index < -0.39 is 0 Å². The molecule has 0 aromatic rings. The second-order valence-electron chi connectivity index (χ2n) is 4.23. The lowest BCUT2D eigenvalue weighted by molar-refractivity contribution is -0.272. The van der Waals surface area contributed by atoms with Crippen LogP contribution in [0.1, 0.15) is 25.7 Å². The summed E-state index contributed by atoms with van der Waals surface area (Å²) in [5.74, 6) is 0.381. The zero-order valence-corrected chi connectivity index (χ0v) is 8.32. The van der Waals surface area contributed by atoms with E-state index in [1.165, 1.54) is 0 Å². The third-order valence-corrected chi connectivity index (χ3v) is 3.75. The first-order chi connectivity index (χ1) is 6.23. The van der Waals surface area contributed by atoms with Gasteiger partial charge in [0.25, 0.3) is 0 Å². The summed E-state index contributed by atoms with van der Waals surface area (Å²) in [7, 11) is 3.43. The van der Waals surface area contributed by atoms with Crippen LogP contribution < -0.4 is 0 Å². The van der Waals surface area contributed by atoms with Gasteiger partial charge in [0, 0.05) is 26.1 Å². The molecule has 0 aliphatic heterocycles. The van der Waals surface area contributed by atoms with Crippen molar-refractivity contribution in [2.45, 2.75) is 37.6 Å². The highest BCUT2D eigenvalue weighted by atomic mass is 16.7. The summed E-state index contributed by atoms with van der Waals surface area (Å²) in [4.78, 5) is 0. The molecule has 2 aliphatic carbocycles. The largest absolute Gasteiger partial charge is 0.393 e. The van der Waals surface area contributed by atoms with Gasteiger partial charge in [-0.3, -0.25) is 0 Å². The Morgan fingerprint density at radius 2 is 1.54 bits per heavy atom. The molecule has 1 unspecified atom stereocenters. The van der Waals surface area contributed by atoms with E-state index in [9.17, 15) is 5.11 Å². The van der Waals surface area contributed by atoms with Crippen LogP contribution in [0, 0.1) is 11.8 Å². The highest BCUT2D eigenvalue weighted by Crippen LogP contribution is 2.51. The topological polar surface area (TPSA) is 38.7 Å². The molecule has 2 fully saturated rings. The predicted octanol–water partition coefficient (Wildman–Crippen LogP) is 1.16. The summed E-state index contributed by atoms with van der Waals surface area (Å²) in [5.41, 5.74) is 0.